The van der Waals surface area contributed by atoms with Gasteiger partial charge in [0.1, 0.15) is 17.9 Å². The van der Waals surface area contributed by atoms with Crippen LogP contribution in [0.1, 0.15) is 34.9 Å². The van der Waals surface area contributed by atoms with Gasteiger partial charge in [-0.25, -0.2) is 4.98 Å². The second-order valence-corrected chi connectivity index (χ2v) is 12.4. The Morgan fingerprint density at radius 3 is 1.83 bits per heavy atom. The van der Waals surface area contributed by atoms with Crippen molar-refractivity contribution >= 4 is 11.0 Å². The van der Waals surface area contributed by atoms with Crippen LogP contribution in [0.4, 0.5) is 0 Å². The van der Waals surface area contributed by atoms with Gasteiger partial charge in [-0.1, -0.05) is 146 Å². The van der Waals surface area contributed by atoms with Gasteiger partial charge in [-0.3, -0.25) is 4.98 Å². The average Bonchev–Trinajstić information content (AvgIpc) is 3.72. The molecule has 8 nitrogen and oxygen atoms in total. The number of nitrogens with zero attached hydrogens (tertiary/aromatic N) is 6. The van der Waals surface area contributed by atoms with Gasteiger partial charge in [-0.05, 0) is 51.1 Å². The molecule has 0 aliphatic heterocycles. The van der Waals surface area contributed by atoms with Gasteiger partial charge >= 0.3 is 0 Å². The minimum absolute atomic E-state index is 0.375. The molecule has 0 aliphatic carbocycles. The second-order valence-electron chi connectivity index (χ2n) is 12.4. The first-order valence-corrected chi connectivity index (χ1v) is 17.3. The summed E-state index contributed by atoms with van der Waals surface area (Å²) in [5.41, 5.74) is 8.58. The predicted molar refractivity (Wildman–Crippen MR) is 203 cm³/mol. The van der Waals surface area contributed by atoms with E-state index in [4.69, 9.17) is 29.9 Å². The Hall–Kier alpha value is -6.67. The monoisotopic (exact) mass is 680 g/mol. The first kappa shape index (κ1) is 32.5. The van der Waals surface area contributed by atoms with Crippen LogP contribution in [0.15, 0.2) is 158 Å². The van der Waals surface area contributed by atoms with Gasteiger partial charge in [-0.15, -0.1) is 15.0 Å². The van der Waals surface area contributed by atoms with Gasteiger partial charge in [0.15, 0.2) is 5.54 Å². The van der Waals surface area contributed by atoms with E-state index >= 15 is 0 Å². The van der Waals surface area contributed by atoms with Gasteiger partial charge < -0.3 is 9.47 Å². The number of hydrogen-bond donors (Lipinski definition) is 0. The van der Waals surface area contributed by atoms with E-state index in [0.717, 1.165) is 56.6 Å². The lowest BCUT2D eigenvalue weighted by Gasteiger charge is -2.34. The van der Waals surface area contributed by atoms with Crippen LogP contribution < -0.4 is 9.47 Å². The smallest absolute Gasteiger partial charge is 0.213 e. The first-order chi connectivity index (χ1) is 25.7. The number of hydrogen-bond acceptors (Lipinski definition) is 7. The Kier molecular flexibility index (Phi) is 8.94. The van der Waals surface area contributed by atoms with E-state index in [1.54, 1.807) is 11.9 Å². The van der Waals surface area contributed by atoms with Crippen LogP contribution in [0.25, 0.3) is 33.5 Å². The van der Waals surface area contributed by atoms with Gasteiger partial charge in [0.05, 0.1) is 12.6 Å². The SMILES string of the molecule is CCc1cc(OCc2ccc(-c3ccccc3-c3nnn(C(c4ccccc4)(c4ccccc4)c4ccccc4)n3)cc2)c2nc(OC)ccc2n1. The summed E-state index contributed by atoms with van der Waals surface area (Å²) in [5.74, 6) is 1.74. The maximum atomic E-state index is 6.34. The van der Waals surface area contributed by atoms with Crippen LogP contribution in [0, 0.1) is 0 Å². The molecule has 0 spiro atoms. The molecule has 5 aromatic carbocycles. The van der Waals surface area contributed by atoms with Gasteiger partial charge in [0.2, 0.25) is 11.7 Å². The lowest BCUT2D eigenvalue weighted by Crippen LogP contribution is -2.39. The molecule has 3 aromatic heterocycles. The fraction of sp³-hybridized carbons (Fsp3) is 0.114. The predicted octanol–water partition coefficient (Wildman–Crippen LogP) is 8.94. The molecule has 0 fully saturated rings. The van der Waals surface area contributed by atoms with E-state index in [0.29, 0.717) is 29.6 Å². The topological polar surface area (TPSA) is 87.8 Å². The third-order valence-electron chi connectivity index (χ3n) is 9.33. The molecule has 0 aliphatic rings. The number of aryl methyl sites for hydroxylation is 1. The van der Waals surface area contributed by atoms with Crippen molar-refractivity contribution in [3.05, 3.63) is 186 Å². The van der Waals surface area contributed by atoms with E-state index < -0.39 is 5.54 Å². The van der Waals surface area contributed by atoms with Crippen LogP contribution in [-0.2, 0) is 18.6 Å². The zero-order chi connectivity index (χ0) is 35.3. The maximum absolute atomic E-state index is 6.34. The molecule has 0 saturated heterocycles. The Labute approximate surface area is 302 Å². The van der Waals surface area contributed by atoms with E-state index in [1.165, 1.54) is 0 Å². The van der Waals surface area contributed by atoms with E-state index in [9.17, 15) is 0 Å². The summed E-state index contributed by atoms with van der Waals surface area (Å²) in [4.78, 5) is 11.1. The minimum Gasteiger partial charge on any atom is -0.486 e. The Morgan fingerprint density at radius 1 is 0.635 bits per heavy atom. The van der Waals surface area contributed by atoms with Crippen molar-refractivity contribution in [3.63, 3.8) is 0 Å². The number of rotatable bonds is 11. The normalized spacial score (nSPS) is 11.4. The highest BCUT2D eigenvalue weighted by atomic mass is 16.5. The Balaban J connectivity index is 1.13. The quantitative estimate of drug-likeness (QED) is 0.126. The van der Waals surface area contributed by atoms with Crippen LogP contribution >= 0.6 is 0 Å². The second kappa shape index (κ2) is 14.3. The summed E-state index contributed by atoms with van der Waals surface area (Å²) in [5, 5.41) is 14.6. The highest BCUT2D eigenvalue weighted by Gasteiger charge is 2.41. The summed E-state index contributed by atoms with van der Waals surface area (Å²) in [6.45, 7) is 2.45. The van der Waals surface area contributed by atoms with Crippen molar-refractivity contribution < 1.29 is 9.47 Å². The summed E-state index contributed by atoms with van der Waals surface area (Å²) in [7, 11) is 1.60. The number of fused-ring (bicyclic) bond motifs is 1. The summed E-state index contributed by atoms with van der Waals surface area (Å²) in [6, 6.07) is 53.3. The standard InChI is InChI=1S/C44H36N6O2/c1-3-36-29-40(42-39(45-36)27-28-41(46-42)51-2)52-30-31-23-25-32(26-24-31)37-21-13-14-22-38(37)43-47-49-50(48-43)44(33-15-7-4-8-16-33,34-17-9-5-10-18-34)35-19-11-6-12-20-35/h4-29H,3,30H2,1-2H3. The minimum atomic E-state index is -0.857. The molecule has 0 saturated carbocycles. The zero-order valence-corrected chi connectivity index (χ0v) is 28.9. The fourth-order valence-corrected chi connectivity index (χ4v) is 6.74. The third-order valence-corrected chi connectivity index (χ3v) is 9.33. The van der Waals surface area contributed by atoms with Crippen molar-refractivity contribution in [1.29, 1.82) is 0 Å². The molecule has 3 heterocycles. The highest BCUT2D eigenvalue weighted by molar-refractivity contribution is 5.82. The Bertz CT molecular complexity index is 2340. The lowest BCUT2D eigenvalue weighted by atomic mass is 9.77. The van der Waals surface area contributed by atoms with E-state index in [-0.39, 0.29) is 0 Å². The van der Waals surface area contributed by atoms with Crippen molar-refractivity contribution in [2.24, 2.45) is 0 Å². The van der Waals surface area contributed by atoms with Gasteiger partial charge in [0, 0.05) is 23.4 Å². The van der Waals surface area contributed by atoms with Crippen molar-refractivity contribution in [2.75, 3.05) is 7.11 Å². The zero-order valence-electron chi connectivity index (χ0n) is 28.9. The van der Waals surface area contributed by atoms with Crippen LogP contribution in [0.3, 0.4) is 0 Å². The van der Waals surface area contributed by atoms with Crippen molar-refractivity contribution in [1.82, 2.24) is 30.2 Å². The van der Waals surface area contributed by atoms with Crippen LogP contribution in [0.5, 0.6) is 11.6 Å². The molecule has 254 valence electrons. The number of pyridine rings is 2. The molecule has 0 unspecified atom stereocenters. The largest absolute Gasteiger partial charge is 0.486 e. The fourth-order valence-electron chi connectivity index (χ4n) is 6.74. The van der Waals surface area contributed by atoms with Crippen molar-refractivity contribution in [2.45, 2.75) is 25.5 Å². The van der Waals surface area contributed by atoms with Crippen LogP contribution in [-0.4, -0.2) is 37.3 Å². The van der Waals surface area contributed by atoms with E-state index in [2.05, 4.69) is 78.6 Å². The van der Waals surface area contributed by atoms with Crippen LogP contribution in [0.2, 0.25) is 0 Å². The molecule has 0 bridgehead atoms. The van der Waals surface area contributed by atoms with Gasteiger partial charge in [0.25, 0.3) is 0 Å². The number of aromatic nitrogens is 6. The third kappa shape index (κ3) is 6.04. The lowest BCUT2D eigenvalue weighted by molar-refractivity contribution is 0.308. The highest BCUT2D eigenvalue weighted by Crippen LogP contribution is 2.40. The maximum Gasteiger partial charge on any atom is 0.213 e. The molecule has 8 rings (SSSR count). The van der Waals surface area contributed by atoms with Crippen molar-refractivity contribution in [3.8, 4) is 34.1 Å². The van der Waals surface area contributed by atoms with Gasteiger partial charge in [-0.2, -0.15) is 0 Å². The first-order valence-electron chi connectivity index (χ1n) is 17.3. The molecule has 0 amide bonds. The molecule has 0 radical (unpaired) electrons. The summed E-state index contributed by atoms with van der Waals surface area (Å²) in [6.07, 6.45) is 0.792. The average molecular weight is 681 g/mol. The molecule has 52 heavy (non-hydrogen) atoms. The molecular formula is C44H36N6O2. The molecule has 8 aromatic rings. The molecule has 8 heteroatoms. The number of benzene rings is 5. The molecular weight excluding hydrogens is 645 g/mol. The Morgan fingerprint density at radius 2 is 1.23 bits per heavy atom. The number of ether oxygens (including phenoxy) is 2. The summed E-state index contributed by atoms with van der Waals surface area (Å²) < 4.78 is 11.7. The molecule has 0 atom stereocenters. The van der Waals surface area contributed by atoms with E-state index in [1.807, 2.05) is 91.0 Å². The molecule has 0 N–H and O–H groups in total. The summed E-state index contributed by atoms with van der Waals surface area (Å²) >= 11 is 0. The number of methoxy groups -OCH3 is 1. The number of tetrazole rings is 1.